The van der Waals surface area contributed by atoms with E-state index in [1.54, 1.807) is 24.3 Å². The minimum Gasteiger partial charge on any atom is -0.292 e. The van der Waals surface area contributed by atoms with Gasteiger partial charge in [0.15, 0.2) is 0 Å². The van der Waals surface area contributed by atoms with E-state index in [-0.39, 0.29) is 6.04 Å². The topological polar surface area (TPSA) is 67.2 Å². The monoisotopic (exact) mass is 374 g/mol. The van der Waals surface area contributed by atoms with Crippen molar-refractivity contribution in [3.05, 3.63) is 48.3 Å². The summed E-state index contributed by atoms with van der Waals surface area (Å²) in [6, 6.07) is 11.5. The van der Waals surface area contributed by atoms with E-state index in [1.807, 2.05) is 12.3 Å². The summed E-state index contributed by atoms with van der Waals surface area (Å²) >= 11 is 0. The van der Waals surface area contributed by atoms with Crippen molar-refractivity contribution in [1.29, 1.82) is 0 Å². The molecule has 0 bridgehead atoms. The Kier molecular flexibility index (Phi) is 5.11. The van der Waals surface area contributed by atoms with E-state index in [1.165, 1.54) is 31.4 Å². The minimum atomic E-state index is -3.45. The Morgan fingerprint density at radius 2 is 1.88 bits per heavy atom. The van der Waals surface area contributed by atoms with Gasteiger partial charge in [-0.15, -0.1) is 0 Å². The van der Waals surface area contributed by atoms with Crippen LogP contribution in [0.25, 0.3) is 0 Å². The third-order valence-corrected chi connectivity index (χ3v) is 7.05. The molecule has 1 N–H and O–H groups in total. The van der Waals surface area contributed by atoms with E-state index in [0.717, 1.165) is 19.5 Å². The third kappa shape index (κ3) is 3.70. The lowest BCUT2D eigenvalue weighted by atomic mass is 10.1. The molecule has 2 aliphatic rings. The van der Waals surface area contributed by atoms with Gasteiger partial charge in [0.2, 0.25) is 10.0 Å². The van der Waals surface area contributed by atoms with Gasteiger partial charge in [0.1, 0.15) is 0 Å². The second-order valence-corrected chi connectivity index (χ2v) is 9.06. The Morgan fingerprint density at radius 3 is 2.65 bits per heavy atom. The largest absolute Gasteiger partial charge is 0.292 e. The molecule has 6 nitrogen and oxygen atoms in total. The van der Waals surface area contributed by atoms with Crippen molar-refractivity contribution >= 4 is 10.0 Å². The van der Waals surface area contributed by atoms with Crippen LogP contribution in [0.3, 0.4) is 0 Å². The molecule has 1 aromatic carbocycles. The predicted octanol–water partition coefficient (Wildman–Crippen LogP) is 2.55. The van der Waals surface area contributed by atoms with Crippen molar-refractivity contribution in [1.82, 2.24) is 19.4 Å². The van der Waals surface area contributed by atoms with Crippen molar-refractivity contribution in [3.8, 4) is 0 Å². The summed E-state index contributed by atoms with van der Waals surface area (Å²) < 4.78 is 29.6. The van der Waals surface area contributed by atoms with Crippen LogP contribution >= 0.6 is 0 Å². The molecule has 4 rings (SSSR count). The first-order valence-corrected chi connectivity index (χ1v) is 10.9. The highest BCUT2D eigenvalue weighted by molar-refractivity contribution is 7.89. The summed E-state index contributed by atoms with van der Waals surface area (Å²) in [6.07, 6.45) is 7.80. The summed E-state index contributed by atoms with van der Waals surface area (Å²) in [6.45, 7) is 2.32. The van der Waals surface area contributed by atoms with Gasteiger partial charge in [-0.3, -0.25) is 9.58 Å². The molecule has 1 aromatic heterocycles. The molecule has 0 radical (unpaired) electrons. The molecule has 140 valence electrons. The van der Waals surface area contributed by atoms with Crippen LogP contribution in [0.5, 0.6) is 0 Å². The highest BCUT2D eigenvalue weighted by Crippen LogP contribution is 2.30. The van der Waals surface area contributed by atoms with Gasteiger partial charge in [-0.25, -0.2) is 13.1 Å². The van der Waals surface area contributed by atoms with Gasteiger partial charge in [0.25, 0.3) is 0 Å². The van der Waals surface area contributed by atoms with Gasteiger partial charge in [-0.2, -0.15) is 5.10 Å². The zero-order valence-electron chi connectivity index (χ0n) is 14.9. The Hall–Kier alpha value is -1.70. The smallest absolute Gasteiger partial charge is 0.240 e. The SMILES string of the molecule is O=S(=O)(NCC[C@H]1CN(C2CCCC2)Cc2ccnn21)c1ccccc1. The molecule has 7 heteroatoms. The summed E-state index contributed by atoms with van der Waals surface area (Å²) in [7, 11) is -3.45. The molecular formula is C19H26N4O2S. The van der Waals surface area contributed by atoms with E-state index in [9.17, 15) is 8.42 Å². The molecule has 0 amide bonds. The lowest BCUT2D eigenvalue weighted by Crippen LogP contribution is -2.43. The fourth-order valence-electron chi connectivity index (χ4n) is 4.22. The number of nitrogens with one attached hydrogen (secondary N) is 1. The van der Waals surface area contributed by atoms with Crippen molar-refractivity contribution in [3.63, 3.8) is 0 Å². The van der Waals surface area contributed by atoms with Crippen LogP contribution in [0.2, 0.25) is 0 Å². The number of fused-ring (bicyclic) bond motifs is 1. The number of hydrogen-bond donors (Lipinski definition) is 1. The predicted molar refractivity (Wildman–Crippen MR) is 100 cm³/mol. The summed E-state index contributed by atoms with van der Waals surface area (Å²) in [5.74, 6) is 0. The number of rotatable bonds is 6. The Labute approximate surface area is 155 Å². The first-order chi connectivity index (χ1) is 12.6. The summed E-state index contributed by atoms with van der Waals surface area (Å²) in [4.78, 5) is 2.89. The van der Waals surface area contributed by atoms with Gasteiger partial charge in [0.05, 0.1) is 16.6 Å². The van der Waals surface area contributed by atoms with E-state index in [0.29, 0.717) is 17.5 Å². The average Bonchev–Trinajstić information content (AvgIpc) is 3.34. The van der Waals surface area contributed by atoms with Gasteiger partial charge >= 0.3 is 0 Å². The molecule has 1 fully saturated rings. The number of nitrogens with zero attached hydrogens (tertiary/aromatic N) is 3. The Balaban J connectivity index is 1.41. The molecule has 26 heavy (non-hydrogen) atoms. The van der Waals surface area contributed by atoms with Crippen LogP contribution < -0.4 is 4.72 Å². The zero-order chi connectivity index (χ0) is 18.0. The maximum atomic E-state index is 12.4. The van der Waals surface area contributed by atoms with Crippen LogP contribution in [0.15, 0.2) is 47.5 Å². The fourth-order valence-corrected chi connectivity index (χ4v) is 5.29. The maximum Gasteiger partial charge on any atom is 0.240 e. The molecule has 1 aliphatic heterocycles. The van der Waals surface area contributed by atoms with E-state index in [4.69, 9.17) is 0 Å². The van der Waals surface area contributed by atoms with Crippen LogP contribution in [-0.4, -0.2) is 42.2 Å². The summed E-state index contributed by atoms with van der Waals surface area (Å²) in [5, 5.41) is 4.49. The van der Waals surface area contributed by atoms with Crippen LogP contribution in [0, 0.1) is 0 Å². The fraction of sp³-hybridized carbons (Fsp3) is 0.526. The van der Waals surface area contributed by atoms with Gasteiger partial charge in [0, 0.05) is 31.9 Å². The standard InChI is InChI=1S/C19H26N4O2S/c24-26(25,19-8-2-1-3-9-19)21-13-11-18-15-22(16-6-4-5-7-16)14-17-10-12-20-23(17)18/h1-3,8-10,12,16,18,21H,4-7,11,13-15H2/t18-/m0/s1. The number of hydrogen-bond acceptors (Lipinski definition) is 4. The normalized spacial score (nSPS) is 21.8. The van der Waals surface area contributed by atoms with Crippen LogP contribution in [0.4, 0.5) is 0 Å². The van der Waals surface area contributed by atoms with Crippen LogP contribution in [-0.2, 0) is 16.6 Å². The average molecular weight is 375 g/mol. The molecule has 2 aromatic rings. The Morgan fingerprint density at radius 1 is 1.12 bits per heavy atom. The molecule has 1 saturated carbocycles. The quantitative estimate of drug-likeness (QED) is 0.844. The number of aromatic nitrogens is 2. The van der Waals surface area contributed by atoms with Gasteiger partial charge in [-0.1, -0.05) is 31.0 Å². The molecular weight excluding hydrogens is 348 g/mol. The van der Waals surface area contributed by atoms with Crippen molar-refractivity contribution in [2.45, 2.75) is 55.6 Å². The summed E-state index contributed by atoms with van der Waals surface area (Å²) in [5.41, 5.74) is 1.24. The molecule has 2 heterocycles. The molecule has 1 atom stereocenters. The van der Waals surface area contributed by atoms with Crippen LogP contribution in [0.1, 0.15) is 43.8 Å². The Bertz CT molecular complexity index is 828. The van der Waals surface area contributed by atoms with E-state index < -0.39 is 10.0 Å². The zero-order valence-corrected chi connectivity index (χ0v) is 15.7. The first kappa shape index (κ1) is 17.7. The highest BCUT2D eigenvalue weighted by atomic mass is 32.2. The minimum absolute atomic E-state index is 0.216. The molecule has 0 spiro atoms. The highest BCUT2D eigenvalue weighted by Gasteiger charge is 2.31. The maximum absolute atomic E-state index is 12.4. The van der Waals surface area contributed by atoms with Crippen molar-refractivity contribution in [2.75, 3.05) is 13.1 Å². The van der Waals surface area contributed by atoms with Gasteiger partial charge in [-0.05, 0) is 37.5 Å². The van der Waals surface area contributed by atoms with Crippen molar-refractivity contribution < 1.29 is 8.42 Å². The molecule has 1 aliphatic carbocycles. The number of benzene rings is 1. The van der Waals surface area contributed by atoms with E-state index in [2.05, 4.69) is 25.5 Å². The third-order valence-electron chi connectivity index (χ3n) is 5.57. The second kappa shape index (κ2) is 7.50. The molecule has 0 saturated heterocycles. The molecule has 0 unspecified atom stereocenters. The van der Waals surface area contributed by atoms with Gasteiger partial charge < -0.3 is 0 Å². The first-order valence-electron chi connectivity index (χ1n) is 9.45. The second-order valence-electron chi connectivity index (χ2n) is 7.29. The van der Waals surface area contributed by atoms with Crippen molar-refractivity contribution in [2.24, 2.45) is 0 Å². The lowest BCUT2D eigenvalue weighted by Gasteiger charge is -2.37. The number of sulfonamides is 1. The lowest BCUT2D eigenvalue weighted by molar-refractivity contribution is 0.120. The van der Waals surface area contributed by atoms with E-state index >= 15 is 0 Å².